The molecule has 0 unspecified atom stereocenters. The minimum Gasteiger partial charge on any atom is -0.508 e. The van der Waals surface area contributed by atoms with Crippen molar-refractivity contribution in [2.24, 2.45) is 17.3 Å². The number of aromatic hydroxyl groups is 1. The van der Waals surface area contributed by atoms with E-state index in [1.165, 1.54) is 16.0 Å². The number of carbonyl (C=O) groups excluding carboxylic acids is 5. The summed E-state index contributed by atoms with van der Waals surface area (Å²) >= 11 is 0. The van der Waals surface area contributed by atoms with Crippen LogP contribution in [0, 0.1) is 17.3 Å². The van der Waals surface area contributed by atoms with Crippen molar-refractivity contribution < 1.29 is 38.6 Å². The fourth-order valence-electron chi connectivity index (χ4n) is 9.82. The first kappa shape index (κ1) is 50.2. The number of aryl methyl sites for hydroxylation is 1. The van der Waals surface area contributed by atoms with Crippen LogP contribution in [0.25, 0.3) is 27.6 Å². The molecule has 0 saturated carbocycles. The highest BCUT2D eigenvalue weighted by Crippen LogP contribution is 2.40. The molecule has 14 heteroatoms. The highest BCUT2D eigenvalue weighted by Gasteiger charge is 2.40. The van der Waals surface area contributed by atoms with Gasteiger partial charge in [-0.3, -0.25) is 29.0 Å². The van der Waals surface area contributed by atoms with Gasteiger partial charge in [0.2, 0.25) is 17.7 Å². The maximum Gasteiger partial charge on any atom is 0.324 e. The van der Waals surface area contributed by atoms with Crippen molar-refractivity contribution in [3.63, 3.8) is 0 Å². The van der Waals surface area contributed by atoms with Gasteiger partial charge in [-0.25, -0.2) is 5.43 Å². The number of methoxy groups -OCH3 is 1. The molecule has 14 nitrogen and oxygen atoms in total. The van der Waals surface area contributed by atoms with E-state index in [4.69, 9.17) is 9.47 Å². The van der Waals surface area contributed by atoms with Gasteiger partial charge in [0.05, 0.1) is 24.8 Å². The monoisotopic (exact) mass is 917 g/mol. The van der Waals surface area contributed by atoms with Crippen LogP contribution in [0.2, 0.25) is 0 Å². The highest BCUT2D eigenvalue weighted by molar-refractivity contribution is 5.97. The van der Waals surface area contributed by atoms with E-state index in [1.54, 1.807) is 37.3 Å². The number of hydrazine groups is 1. The summed E-state index contributed by atoms with van der Waals surface area (Å²) in [5, 5.41) is 16.7. The number of nitrogens with one attached hydrogen (secondary N) is 2. The van der Waals surface area contributed by atoms with Gasteiger partial charge in [-0.1, -0.05) is 83.9 Å². The molecule has 0 aliphatic carbocycles. The molecule has 3 aliphatic rings. The third kappa shape index (κ3) is 11.1. The smallest absolute Gasteiger partial charge is 0.324 e. The van der Waals surface area contributed by atoms with Crippen molar-refractivity contribution in [3.05, 3.63) is 109 Å². The van der Waals surface area contributed by atoms with Crippen LogP contribution >= 0.6 is 0 Å². The predicted molar refractivity (Wildman–Crippen MR) is 261 cm³/mol. The molecule has 3 N–H and O–H groups in total. The molecular formula is C53H68N6O8. The number of esters is 1. The van der Waals surface area contributed by atoms with Gasteiger partial charge in [0, 0.05) is 68.6 Å². The van der Waals surface area contributed by atoms with E-state index in [0.29, 0.717) is 56.5 Å². The van der Waals surface area contributed by atoms with Crippen LogP contribution in [0.5, 0.6) is 5.75 Å². The summed E-state index contributed by atoms with van der Waals surface area (Å²) in [4.78, 5) is 72.4. The number of cyclic esters (lactones) is 1. The Balaban J connectivity index is 1.47. The molecule has 0 radical (unpaired) electrons. The summed E-state index contributed by atoms with van der Waals surface area (Å²) in [5.74, 6) is -2.91. The van der Waals surface area contributed by atoms with Crippen LogP contribution in [0.3, 0.4) is 0 Å². The molecule has 2 fully saturated rings. The number of phenols is 1. The molecule has 0 spiro atoms. The van der Waals surface area contributed by atoms with Crippen molar-refractivity contribution in [2.75, 3.05) is 47.0 Å². The normalized spacial score (nSPS) is 20.8. The molecule has 67 heavy (non-hydrogen) atoms. The quantitative estimate of drug-likeness (QED) is 0.0984. The number of carbonyl (C=O) groups is 5. The molecule has 3 aliphatic heterocycles. The van der Waals surface area contributed by atoms with Crippen molar-refractivity contribution in [1.29, 1.82) is 0 Å². The fraction of sp³-hybridized carbons (Fsp3) is 0.453. The second-order valence-corrected chi connectivity index (χ2v) is 19.0. The summed E-state index contributed by atoms with van der Waals surface area (Å²) in [7, 11) is 3.23. The summed E-state index contributed by atoms with van der Waals surface area (Å²) in [6.45, 7) is 23.5. The lowest BCUT2D eigenvalue weighted by atomic mass is 9.83. The molecule has 6 rings (SSSR count). The van der Waals surface area contributed by atoms with Crippen molar-refractivity contribution >= 4 is 46.1 Å². The molecule has 4 atom stereocenters. The van der Waals surface area contributed by atoms with Gasteiger partial charge in [0.1, 0.15) is 23.9 Å². The number of fused-ring (bicyclic) bond motifs is 6. The lowest BCUT2D eigenvalue weighted by Gasteiger charge is -2.37. The molecule has 4 amide bonds. The Morgan fingerprint density at radius 1 is 1.06 bits per heavy atom. The number of benzene rings is 2. The Hall–Kier alpha value is -6.25. The fourth-order valence-corrected chi connectivity index (χ4v) is 9.82. The SMILES string of the molecule is C=C/C=C\C(=C(/C=C)COC)c1c2c3cc(ccc3n1CC)-c1cc(O)cc(c1)C[C@H](NC(=O)[C@H](C(C)C)N(C)C(=O)[C@H]1CCN(C(=O)C=C)C1)C(=O)N1CCC[C@H](N1)C(=O)OCC(C)(C)C2. The van der Waals surface area contributed by atoms with Gasteiger partial charge in [0.25, 0.3) is 5.91 Å². The van der Waals surface area contributed by atoms with E-state index in [0.717, 1.165) is 38.9 Å². The molecule has 3 aromatic rings. The average Bonchev–Trinajstić information content (AvgIpc) is 3.92. The van der Waals surface area contributed by atoms with Crippen LogP contribution in [-0.4, -0.2) is 119 Å². The number of aromatic nitrogens is 1. The molecule has 2 aromatic carbocycles. The van der Waals surface area contributed by atoms with Crippen LogP contribution in [0.15, 0.2) is 92.1 Å². The van der Waals surface area contributed by atoms with Crippen molar-refractivity contribution in [2.45, 2.75) is 91.4 Å². The standard InChI is InChI=1S/C53H68N6O8/c1-11-15-17-40(35(12-2)31-66-10)48-42-29-53(7,8)32-67-52(65)43-18-16-22-59(55-43)51(64)44(26-34-24-38(27-39(60)25-34)36-19-20-45(41(42)28-36)58(48)14-4)54-49(62)47(33(5)6)56(9)50(63)37-21-23-57(30-37)46(61)13-3/h11-13,15,17,19-20,24-25,27-28,33,37,43-44,47,55,60H,1-3,14,16,18,21-23,26,29-32H2,4-10H3,(H,54,62)/b17-15-,40-35-/t37-,43-,44-,47-/m0/s1. The molecule has 358 valence electrons. The number of nitrogens with zero attached hydrogens (tertiary/aromatic N) is 4. The number of likely N-dealkylation sites (N-methyl/N-ethyl adjacent to an activating group) is 1. The Morgan fingerprint density at radius 3 is 2.49 bits per heavy atom. The number of ether oxygens (including phenoxy) is 2. The zero-order valence-electron chi connectivity index (χ0n) is 40.2. The van der Waals surface area contributed by atoms with Gasteiger partial charge >= 0.3 is 5.97 Å². The maximum absolute atomic E-state index is 14.7. The molecule has 6 bridgehead atoms. The summed E-state index contributed by atoms with van der Waals surface area (Å²) in [6, 6.07) is 8.43. The molecule has 1 aromatic heterocycles. The van der Waals surface area contributed by atoms with Crippen LogP contribution < -0.4 is 10.7 Å². The largest absolute Gasteiger partial charge is 0.508 e. The predicted octanol–water partition coefficient (Wildman–Crippen LogP) is 6.53. The van der Waals surface area contributed by atoms with Crippen molar-refractivity contribution in [3.8, 4) is 16.9 Å². The van der Waals surface area contributed by atoms with Gasteiger partial charge < -0.3 is 34.3 Å². The Kier molecular flexibility index (Phi) is 16.2. The number of rotatable bonds is 13. The number of hydrogen-bond donors (Lipinski definition) is 3. The van der Waals surface area contributed by atoms with E-state index < -0.39 is 47.2 Å². The number of allylic oxidation sites excluding steroid dienone is 4. The number of likely N-dealkylation sites (tertiary alicyclic amines) is 1. The Morgan fingerprint density at radius 2 is 1.82 bits per heavy atom. The van der Waals surface area contributed by atoms with Gasteiger partial charge in [-0.05, 0) is 96.7 Å². The lowest BCUT2D eigenvalue weighted by molar-refractivity contribution is -0.155. The first-order valence-corrected chi connectivity index (χ1v) is 23.3. The van der Waals surface area contributed by atoms with Crippen LogP contribution in [0.1, 0.15) is 70.7 Å². The first-order chi connectivity index (χ1) is 31.9. The number of phenolic OH excluding ortho intramolecular Hbond substituents is 1. The number of hydrogen-bond acceptors (Lipinski definition) is 9. The van der Waals surface area contributed by atoms with E-state index >= 15 is 0 Å². The summed E-state index contributed by atoms with van der Waals surface area (Å²) < 4.78 is 14.0. The minimum absolute atomic E-state index is 0.0192. The van der Waals surface area contributed by atoms with Crippen LogP contribution in [-0.2, 0) is 52.8 Å². The van der Waals surface area contributed by atoms with E-state index in [9.17, 15) is 29.1 Å². The molecule has 4 heterocycles. The number of amides is 4. The zero-order chi connectivity index (χ0) is 48.7. The van der Waals surface area contributed by atoms with Gasteiger partial charge in [-0.2, -0.15) is 0 Å². The lowest BCUT2D eigenvalue weighted by Crippen LogP contribution is -2.62. The Bertz CT molecular complexity index is 2480. The summed E-state index contributed by atoms with van der Waals surface area (Å²) in [5.41, 5.74) is 9.46. The average molecular weight is 917 g/mol. The topological polar surface area (TPSA) is 163 Å². The zero-order valence-corrected chi connectivity index (χ0v) is 40.2. The minimum atomic E-state index is -1.17. The highest BCUT2D eigenvalue weighted by atomic mass is 16.5. The second-order valence-electron chi connectivity index (χ2n) is 19.0. The van der Waals surface area contributed by atoms with E-state index in [-0.39, 0.29) is 49.6 Å². The maximum atomic E-state index is 14.7. The van der Waals surface area contributed by atoms with Crippen LogP contribution in [0.4, 0.5) is 0 Å². The molecular weight excluding hydrogens is 849 g/mol. The second kappa shape index (κ2) is 21.6. The van der Waals surface area contributed by atoms with E-state index in [1.807, 2.05) is 44.2 Å². The van der Waals surface area contributed by atoms with Gasteiger partial charge in [-0.15, -0.1) is 0 Å². The Labute approximate surface area is 395 Å². The van der Waals surface area contributed by atoms with Crippen molar-refractivity contribution in [1.82, 2.24) is 30.1 Å². The first-order valence-electron chi connectivity index (χ1n) is 23.3. The third-order valence-corrected chi connectivity index (χ3v) is 13.1. The summed E-state index contributed by atoms with van der Waals surface area (Å²) in [6.07, 6.45) is 10.6. The molecule has 2 saturated heterocycles. The van der Waals surface area contributed by atoms with Gasteiger partial charge in [0.15, 0.2) is 0 Å². The third-order valence-electron chi connectivity index (χ3n) is 13.1. The van der Waals surface area contributed by atoms with E-state index in [2.05, 4.69) is 68.0 Å².